The summed E-state index contributed by atoms with van der Waals surface area (Å²) >= 11 is 1.43. The average molecular weight is 313 g/mol. The van der Waals surface area contributed by atoms with Gasteiger partial charge >= 0.3 is 6.03 Å². The van der Waals surface area contributed by atoms with Crippen LogP contribution in [-0.2, 0) is 6.42 Å². The van der Waals surface area contributed by atoms with Gasteiger partial charge in [-0.2, -0.15) is 0 Å². The number of thiazole rings is 1. The number of anilines is 1. The molecule has 0 bridgehead atoms. The third-order valence-electron chi connectivity index (χ3n) is 3.19. The number of aromatic hydroxyl groups is 1. The Balaban J connectivity index is 1.53. The number of carbonyl (C=O) groups is 1. The molecular formula is C16H15N3O2S. The number of urea groups is 1. The van der Waals surface area contributed by atoms with Gasteiger partial charge in [0.25, 0.3) is 0 Å². The van der Waals surface area contributed by atoms with Crippen LogP contribution < -0.4 is 10.6 Å². The van der Waals surface area contributed by atoms with Crippen molar-refractivity contribution in [1.82, 2.24) is 10.3 Å². The molecule has 0 saturated carbocycles. The highest BCUT2D eigenvalue weighted by Gasteiger charge is 2.07. The Kier molecular flexibility index (Phi) is 4.20. The van der Waals surface area contributed by atoms with Gasteiger partial charge in [0.15, 0.2) is 5.13 Å². The summed E-state index contributed by atoms with van der Waals surface area (Å²) in [5, 5.41) is 15.7. The molecule has 22 heavy (non-hydrogen) atoms. The summed E-state index contributed by atoms with van der Waals surface area (Å²) in [5.74, 6) is 0.246. The van der Waals surface area contributed by atoms with Crippen molar-refractivity contribution in [3.05, 3.63) is 54.1 Å². The van der Waals surface area contributed by atoms with E-state index in [0.29, 0.717) is 18.1 Å². The lowest BCUT2D eigenvalue weighted by molar-refractivity contribution is 0.252. The summed E-state index contributed by atoms with van der Waals surface area (Å²) in [6, 6.07) is 14.5. The van der Waals surface area contributed by atoms with E-state index in [0.717, 1.165) is 15.8 Å². The first-order chi connectivity index (χ1) is 10.7. The smallest absolute Gasteiger partial charge is 0.321 e. The Labute approximate surface area is 131 Å². The van der Waals surface area contributed by atoms with Crippen molar-refractivity contribution >= 4 is 32.7 Å². The van der Waals surface area contributed by atoms with Gasteiger partial charge in [0.1, 0.15) is 5.75 Å². The molecule has 1 aromatic heterocycles. The minimum atomic E-state index is -0.297. The fraction of sp³-hybridized carbons (Fsp3) is 0.125. The lowest BCUT2D eigenvalue weighted by atomic mass is 10.1. The molecule has 0 radical (unpaired) electrons. The van der Waals surface area contributed by atoms with Gasteiger partial charge in [-0.15, -0.1) is 0 Å². The Morgan fingerprint density at radius 1 is 1.14 bits per heavy atom. The van der Waals surface area contributed by atoms with Crippen molar-refractivity contribution in [1.29, 1.82) is 0 Å². The summed E-state index contributed by atoms with van der Waals surface area (Å²) in [7, 11) is 0. The van der Waals surface area contributed by atoms with Gasteiger partial charge in [-0.1, -0.05) is 41.7 Å². The number of nitrogens with zero attached hydrogens (tertiary/aromatic N) is 1. The number of benzene rings is 2. The second-order valence-electron chi connectivity index (χ2n) is 4.75. The summed E-state index contributed by atoms with van der Waals surface area (Å²) in [6.45, 7) is 0.439. The molecule has 3 N–H and O–H groups in total. The molecule has 3 aromatic rings. The molecule has 0 aliphatic rings. The first kappa shape index (κ1) is 14.3. The van der Waals surface area contributed by atoms with E-state index in [1.54, 1.807) is 12.1 Å². The first-order valence-electron chi connectivity index (χ1n) is 6.90. The molecule has 3 rings (SSSR count). The van der Waals surface area contributed by atoms with Gasteiger partial charge in [0.2, 0.25) is 0 Å². The molecule has 0 atom stereocenters. The largest absolute Gasteiger partial charge is 0.508 e. The number of fused-ring (bicyclic) bond motifs is 1. The SMILES string of the molecule is O=C(NCCc1ccccc1O)Nc1nc2ccccc2s1. The lowest BCUT2D eigenvalue weighted by Crippen LogP contribution is -2.30. The van der Waals surface area contributed by atoms with Crippen LogP contribution in [0.1, 0.15) is 5.56 Å². The third kappa shape index (κ3) is 3.35. The van der Waals surface area contributed by atoms with Crippen molar-refractivity contribution in [2.75, 3.05) is 11.9 Å². The lowest BCUT2D eigenvalue weighted by Gasteiger charge is -2.06. The van der Waals surface area contributed by atoms with E-state index in [-0.39, 0.29) is 11.8 Å². The fourth-order valence-electron chi connectivity index (χ4n) is 2.10. The maximum Gasteiger partial charge on any atom is 0.321 e. The Hall–Kier alpha value is -2.60. The molecule has 0 fully saturated rings. The van der Waals surface area contributed by atoms with E-state index in [1.165, 1.54) is 11.3 Å². The number of hydrogen-bond donors (Lipinski definition) is 3. The van der Waals surface area contributed by atoms with Crippen LogP contribution in [0.5, 0.6) is 5.75 Å². The summed E-state index contributed by atoms with van der Waals surface area (Å²) in [5.41, 5.74) is 1.68. The van der Waals surface area contributed by atoms with Gasteiger partial charge in [-0.3, -0.25) is 5.32 Å². The zero-order chi connectivity index (χ0) is 15.4. The molecule has 0 aliphatic heterocycles. The van der Waals surface area contributed by atoms with E-state index in [9.17, 15) is 9.90 Å². The predicted molar refractivity (Wildman–Crippen MR) is 88.5 cm³/mol. The minimum absolute atomic E-state index is 0.246. The van der Waals surface area contributed by atoms with E-state index in [2.05, 4.69) is 15.6 Å². The Bertz CT molecular complexity index is 768. The number of phenolic OH excluding ortho intramolecular Hbond substituents is 1. The number of aromatic nitrogens is 1. The standard InChI is InChI=1S/C16H15N3O2S/c20-13-7-3-1-5-11(13)9-10-17-15(21)19-16-18-12-6-2-4-8-14(12)22-16/h1-8,20H,9-10H2,(H2,17,18,19,21). The number of para-hydroxylation sites is 2. The number of amides is 2. The molecule has 112 valence electrons. The van der Waals surface area contributed by atoms with Crippen LogP contribution in [0.25, 0.3) is 10.2 Å². The highest BCUT2D eigenvalue weighted by Crippen LogP contribution is 2.25. The van der Waals surface area contributed by atoms with E-state index in [4.69, 9.17) is 0 Å². The van der Waals surface area contributed by atoms with Crippen LogP contribution in [0.3, 0.4) is 0 Å². The first-order valence-corrected chi connectivity index (χ1v) is 7.71. The van der Waals surface area contributed by atoms with Crippen molar-refractivity contribution in [2.24, 2.45) is 0 Å². The van der Waals surface area contributed by atoms with Gasteiger partial charge in [-0.25, -0.2) is 9.78 Å². The highest BCUT2D eigenvalue weighted by molar-refractivity contribution is 7.22. The van der Waals surface area contributed by atoms with Crippen molar-refractivity contribution < 1.29 is 9.90 Å². The number of hydrogen-bond acceptors (Lipinski definition) is 4. The monoisotopic (exact) mass is 313 g/mol. The van der Waals surface area contributed by atoms with Gasteiger partial charge in [0.05, 0.1) is 10.2 Å². The quantitative estimate of drug-likeness (QED) is 0.691. The van der Waals surface area contributed by atoms with Gasteiger partial charge in [-0.05, 0) is 30.2 Å². The van der Waals surface area contributed by atoms with Gasteiger partial charge in [0, 0.05) is 6.54 Å². The highest BCUT2D eigenvalue weighted by atomic mass is 32.1. The van der Waals surface area contributed by atoms with E-state index >= 15 is 0 Å². The third-order valence-corrected chi connectivity index (χ3v) is 4.14. The van der Waals surface area contributed by atoms with Crippen molar-refractivity contribution in [2.45, 2.75) is 6.42 Å². The van der Waals surface area contributed by atoms with E-state index in [1.807, 2.05) is 36.4 Å². The van der Waals surface area contributed by atoms with Crippen LogP contribution in [0.4, 0.5) is 9.93 Å². The zero-order valence-corrected chi connectivity index (χ0v) is 12.6. The van der Waals surface area contributed by atoms with Crippen molar-refractivity contribution in [3.8, 4) is 5.75 Å². The number of rotatable bonds is 4. The molecule has 1 heterocycles. The topological polar surface area (TPSA) is 74.2 Å². The Morgan fingerprint density at radius 2 is 1.91 bits per heavy atom. The molecule has 5 nitrogen and oxygen atoms in total. The summed E-state index contributed by atoms with van der Waals surface area (Å²) < 4.78 is 1.03. The number of phenols is 1. The fourth-order valence-corrected chi connectivity index (χ4v) is 2.96. The molecule has 0 spiro atoms. The minimum Gasteiger partial charge on any atom is -0.508 e. The molecule has 2 amide bonds. The second-order valence-corrected chi connectivity index (χ2v) is 5.78. The van der Waals surface area contributed by atoms with E-state index < -0.39 is 0 Å². The van der Waals surface area contributed by atoms with Gasteiger partial charge < -0.3 is 10.4 Å². The molecular weight excluding hydrogens is 298 g/mol. The average Bonchev–Trinajstić information content (AvgIpc) is 2.91. The van der Waals surface area contributed by atoms with Crippen LogP contribution in [-0.4, -0.2) is 22.7 Å². The molecule has 0 saturated heterocycles. The number of nitrogens with one attached hydrogen (secondary N) is 2. The second kappa shape index (κ2) is 6.44. The Morgan fingerprint density at radius 3 is 2.73 bits per heavy atom. The van der Waals surface area contributed by atoms with Crippen molar-refractivity contribution in [3.63, 3.8) is 0 Å². The maximum absolute atomic E-state index is 11.8. The summed E-state index contributed by atoms with van der Waals surface area (Å²) in [4.78, 5) is 16.2. The summed E-state index contributed by atoms with van der Waals surface area (Å²) in [6.07, 6.45) is 0.569. The molecule has 2 aromatic carbocycles. The molecule has 0 aliphatic carbocycles. The number of carbonyl (C=O) groups excluding carboxylic acids is 1. The van der Waals surface area contributed by atoms with Crippen LogP contribution in [0.2, 0.25) is 0 Å². The maximum atomic E-state index is 11.8. The molecule has 0 unspecified atom stereocenters. The van der Waals surface area contributed by atoms with Crippen LogP contribution in [0.15, 0.2) is 48.5 Å². The predicted octanol–water partition coefficient (Wildman–Crippen LogP) is 3.37. The van der Waals surface area contributed by atoms with Crippen LogP contribution in [0, 0.1) is 0 Å². The van der Waals surface area contributed by atoms with Crippen LogP contribution >= 0.6 is 11.3 Å². The zero-order valence-electron chi connectivity index (χ0n) is 11.7. The molecule has 6 heteroatoms. The normalized spacial score (nSPS) is 10.5.